The molecule has 0 amide bonds. The van der Waals surface area contributed by atoms with Gasteiger partial charge in [0, 0.05) is 0 Å². The summed E-state index contributed by atoms with van der Waals surface area (Å²) in [6, 6.07) is 0. The summed E-state index contributed by atoms with van der Waals surface area (Å²) in [7, 11) is -1.58. The van der Waals surface area contributed by atoms with E-state index in [4.69, 9.17) is 4.89 Å². The van der Waals surface area contributed by atoms with Gasteiger partial charge in [-0.3, -0.25) is 0 Å². The average Bonchev–Trinajstić information content (AvgIpc) is 1.93. The van der Waals surface area contributed by atoms with Gasteiger partial charge in [-0.2, -0.15) is 6.92 Å². The fourth-order valence-electron chi connectivity index (χ4n) is 0.258. The molecule has 0 aromatic heterocycles. The van der Waals surface area contributed by atoms with Crippen molar-refractivity contribution in [3.8, 4) is 0 Å². The van der Waals surface area contributed by atoms with Crippen molar-refractivity contribution in [3.05, 3.63) is 6.92 Å². The van der Waals surface area contributed by atoms with E-state index in [0.29, 0.717) is 13.2 Å². The van der Waals surface area contributed by atoms with Gasteiger partial charge >= 0.3 is 25.7 Å². The van der Waals surface area contributed by atoms with Gasteiger partial charge in [0.1, 0.15) is 0 Å². The molecule has 0 aromatic rings. The van der Waals surface area contributed by atoms with Crippen LogP contribution in [0.4, 0.5) is 0 Å². The van der Waals surface area contributed by atoms with Gasteiger partial charge < -0.3 is 44.8 Å². The molecule has 0 saturated carbocycles. The van der Waals surface area contributed by atoms with Crippen LogP contribution in [0, 0.1) is 6.92 Å². The molecule has 3 nitrogen and oxygen atoms in total. The summed E-state index contributed by atoms with van der Waals surface area (Å²) in [4.78, 5) is 8.67. The van der Waals surface area contributed by atoms with Gasteiger partial charge in [-0.15, -0.1) is 0 Å². The Hall–Kier alpha value is 1.56. The summed E-state index contributed by atoms with van der Waals surface area (Å²) in [5.41, 5.74) is 0. The van der Waals surface area contributed by atoms with Crippen LogP contribution in [0.25, 0.3) is 0 Å². The Kier molecular flexibility index (Phi) is 44.7. The zero-order valence-corrected chi connectivity index (χ0v) is 11.5. The number of rotatable bonds is 4. The fourth-order valence-corrected chi connectivity index (χ4v) is 0.774. The van der Waals surface area contributed by atoms with Gasteiger partial charge in [-0.05, 0) is 13.8 Å². The molecule has 0 unspecified atom stereocenters. The van der Waals surface area contributed by atoms with E-state index >= 15 is 0 Å². The number of hydrogen-bond acceptors (Lipinski definition) is 3. The maximum absolute atomic E-state index is 8.67. The molecule has 0 aromatic carbocycles. The Bertz CT molecular complexity index is 56.1. The molecule has 0 atom stereocenters. The number of hydrogen-bond donors (Lipinski definition) is 1. The molecule has 81 valence electrons. The molecular formula is C6H16CuIO3P. The second-order valence-electron chi connectivity index (χ2n) is 1.07. The molecule has 0 spiro atoms. The molecule has 0 aliphatic carbocycles. The van der Waals surface area contributed by atoms with Crippen LogP contribution >= 0.6 is 8.60 Å². The summed E-state index contributed by atoms with van der Waals surface area (Å²) in [6.45, 7) is 9.62. The van der Waals surface area contributed by atoms with Gasteiger partial charge in [0.25, 0.3) is 0 Å². The van der Waals surface area contributed by atoms with Crippen LogP contribution < -0.4 is 24.0 Å². The first-order valence-electron chi connectivity index (χ1n) is 3.26. The third kappa shape index (κ3) is 22.6. The molecule has 0 aliphatic heterocycles. The molecule has 12 heavy (non-hydrogen) atoms. The van der Waals surface area contributed by atoms with E-state index in [0.717, 1.165) is 0 Å². The molecular weight excluding hydrogens is 341 g/mol. The van der Waals surface area contributed by atoms with E-state index in [1.54, 1.807) is 6.92 Å². The molecule has 0 heterocycles. The minimum Gasteiger partial charge on any atom is -1.00 e. The Morgan fingerprint density at radius 1 is 1.17 bits per heavy atom. The largest absolute Gasteiger partial charge is 2.00 e. The van der Waals surface area contributed by atoms with Crippen LogP contribution in [-0.4, -0.2) is 18.1 Å². The minimum absolute atomic E-state index is 0. The molecule has 0 aliphatic rings. The maximum atomic E-state index is 8.67. The normalized spacial score (nSPS) is 7.50. The van der Waals surface area contributed by atoms with Crippen molar-refractivity contribution in [1.82, 2.24) is 0 Å². The standard InChI is InChI=1S/C4H11O3P.C2H5.Cu.HI/c1-3-6-8(5)7-4-2;1-2;;/h5H,3-4H2,1-2H3;1H2,2H3;;1H/q;-1;+2;/p-1. The Labute approximate surface area is 104 Å². The van der Waals surface area contributed by atoms with E-state index < -0.39 is 8.60 Å². The Balaban J connectivity index is -0.0000000740. The van der Waals surface area contributed by atoms with Gasteiger partial charge in [-0.25, -0.2) is 0 Å². The molecule has 6 heteroatoms. The first-order valence-corrected chi connectivity index (χ1v) is 4.39. The zero-order chi connectivity index (χ0) is 8.41. The average molecular weight is 358 g/mol. The fraction of sp³-hybridized carbons (Fsp3) is 0.833. The van der Waals surface area contributed by atoms with Crippen molar-refractivity contribution in [2.75, 3.05) is 13.2 Å². The summed E-state index contributed by atoms with van der Waals surface area (Å²) >= 11 is 0. The van der Waals surface area contributed by atoms with Crippen LogP contribution in [0.1, 0.15) is 20.8 Å². The van der Waals surface area contributed by atoms with Crippen molar-refractivity contribution >= 4 is 8.60 Å². The van der Waals surface area contributed by atoms with Gasteiger partial charge in [0.05, 0.1) is 13.2 Å². The predicted molar refractivity (Wildman–Crippen MR) is 43.4 cm³/mol. The van der Waals surface area contributed by atoms with Crippen molar-refractivity contribution < 1.29 is 55.0 Å². The van der Waals surface area contributed by atoms with Gasteiger partial charge in [0.2, 0.25) is 0 Å². The molecule has 1 N–H and O–H groups in total. The molecule has 0 bridgehead atoms. The Morgan fingerprint density at radius 2 is 1.42 bits per heavy atom. The van der Waals surface area contributed by atoms with E-state index in [2.05, 4.69) is 16.0 Å². The first-order chi connectivity index (χ1) is 4.81. The summed E-state index contributed by atoms with van der Waals surface area (Å²) in [5, 5.41) is 0. The van der Waals surface area contributed by atoms with E-state index in [1.165, 1.54) is 0 Å². The molecule has 1 radical (unpaired) electrons. The third-order valence-electron chi connectivity index (χ3n) is 0.479. The summed E-state index contributed by atoms with van der Waals surface area (Å²) < 4.78 is 9.36. The van der Waals surface area contributed by atoms with Crippen LogP contribution in [0.5, 0.6) is 0 Å². The smallest absolute Gasteiger partial charge is 1.00 e. The van der Waals surface area contributed by atoms with Crippen molar-refractivity contribution in [3.63, 3.8) is 0 Å². The quantitative estimate of drug-likeness (QED) is 0.307. The van der Waals surface area contributed by atoms with Crippen LogP contribution in [0.2, 0.25) is 0 Å². The summed E-state index contributed by atoms with van der Waals surface area (Å²) in [5.74, 6) is 0. The van der Waals surface area contributed by atoms with E-state index in [9.17, 15) is 0 Å². The van der Waals surface area contributed by atoms with Crippen LogP contribution in [-0.2, 0) is 26.1 Å². The van der Waals surface area contributed by atoms with Crippen molar-refractivity contribution in [1.29, 1.82) is 0 Å². The SMILES string of the molecule is CCOP(O)OCC.[CH2-]C.[Cu+2].[I-]. The number of halogens is 1. The second-order valence-corrected chi connectivity index (χ2v) is 2.07. The second kappa shape index (κ2) is 22.9. The Morgan fingerprint density at radius 3 is 1.58 bits per heavy atom. The van der Waals surface area contributed by atoms with E-state index in [1.807, 2.05) is 13.8 Å². The molecule has 0 rings (SSSR count). The topological polar surface area (TPSA) is 38.7 Å². The summed E-state index contributed by atoms with van der Waals surface area (Å²) in [6.07, 6.45) is 0. The van der Waals surface area contributed by atoms with Crippen molar-refractivity contribution in [2.24, 2.45) is 0 Å². The predicted octanol–water partition coefficient (Wildman–Crippen LogP) is -0.880. The first kappa shape index (κ1) is 23.4. The van der Waals surface area contributed by atoms with Crippen LogP contribution in [0.15, 0.2) is 0 Å². The molecule has 0 saturated heterocycles. The maximum Gasteiger partial charge on any atom is 2.00 e. The molecule has 0 fully saturated rings. The van der Waals surface area contributed by atoms with Gasteiger partial charge in [-0.1, -0.05) is 0 Å². The van der Waals surface area contributed by atoms with Gasteiger partial charge in [0.15, 0.2) is 0 Å². The third-order valence-corrected chi connectivity index (χ3v) is 1.44. The van der Waals surface area contributed by atoms with Crippen molar-refractivity contribution in [2.45, 2.75) is 20.8 Å². The van der Waals surface area contributed by atoms with E-state index in [-0.39, 0.29) is 41.0 Å². The monoisotopic (exact) mass is 357 g/mol. The minimum atomic E-state index is -1.58. The van der Waals surface area contributed by atoms with Crippen LogP contribution in [0.3, 0.4) is 0 Å². The zero-order valence-electron chi connectivity index (χ0n) is 7.51.